The first-order valence-electron chi connectivity index (χ1n) is 8.86. The van der Waals surface area contributed by atoms with Crippen LogP contribution in [0, 0.1) is 0 Å². The fourth-order valence-corrected chi connectivity index (χ4v) is 3.26. The van der Waals surface area contributed by atoms with Crippen LogP contribution in [0.2, 0.25) is 10.0 Å². The first-order chi connectivity index (χ1) is 12.6. The van der Waals surface area contributed by atoms with Crippen molar-refractivity contribution in [1.82, 2.24) is 14.5 Å². The normalized spacial score (nSPS) is 11.4. The third-order valence-electron chi connectivity index (χ3n) is 4.51. The Hall–Kier alpha value is -1.75. The number of rotatable bonds is 8. The van der Waals surface area contributed by atoms with Crippen LogP contribution in [-0.2, 0) is 13.2 Å². The second-order valence-corrected chi connectivity index (χ2v) is 6.96. The van der Waals surface area contributed by atoms with Crippen molar-refractivity contribution in [3.05, 3.63) is 58.3 Å². The van der Waals surface area contributed by atoms with E-state index in [1.165, 1.54) is 0 Å². The zero-order valence-electron chi connectivity index (χ0n) is 15.1. The van der Waals surface area contributed by atoms with E-state index in [2.05, 4.69) is 23.3 Å². The van der Waals surface area contributed by atoms with Crippen molar-refractivity contribution in [2.75, 3.05) is 19.6 Å². The highest BCUT2D eigenvalue weighted by Crippen LogP contribution is 2.22. The molecular weight excluding hydrogens is 369 g/mol. The molecule has 0 N–H and O–H groups in total. The van der Waals surface area contributed by atoms with E-state index in [0.717, 1.165) is 48.8 Å². The van der Waals surface area contributed by atoms with Crippen LogP contribution in [0.4, 0.5) is 0 Å². The Labute approximate surface area is 164 Å². The first-order valence-corrected chi connectivity index (χ1v) is 9.61. The Kier molecular flexibility index (Phi) is 6.41. The molecule has 0 fully saturated rings. The third-order valence-corrected chi connectivity index (χ3v) is 4.99. The molecular formula is C20H23Cl2N3O. The van der Waals surface area contributed by atoms with Crippen LogP contribution in [0.3, 0.4) is 0 Å². The number of hydrogen-bond acceptors (Lipinski definition) is 3. The lowest BCUT2D eigenvalue weighted by Gasteiger charge is -2.19. The molecule has 0 unspecified atom stereocenters. The highest BCUT2D eigenvalue weighted by Gasteiger charge is 2.13. The van der Waals surface area contributed by atoms with Crippen molar-refractivity contribution in [3.8, 4) is 5.75 Å². The van der Waals surface area contributed by atoms with Crippen molar-refractivity contribution < 1.29 is 4.74 Å². The van der Waals surface area contributed by atoms with Gasteiger partial charge in [0.05, 0.1) is 11.0 Å². The Morgan fingerprint density at radius 1 is 1.00 bits per heavy atom. The molecule has 3 aromatic rings. The summed E-state index contributed by atoms with van der Waals surface area (Å²) < 4.78 is 8.12. The van der Waals surface area contributed by atoms with Crippen molar-refractivity contribution in [2.24, 2.45) is 0 Å². The molecule has 0 aliphatic heterocycles. The molecule has 0 aliphatic carbocycles. The summed E-state index contributed by atoms with van der Waals surface area (Å²) in [7, 11) is 0. The molecule has 0 amide bonds. The molecule has 6 heteroatoms. The monoisotopic (exact) mass is 391 g/mol. The van der Waals surface area contributed by atoms with E-state index < -0.39 is 0 Å². The maximum absolute atomic E-state index is 6.21. The molecule has 0 saturated heterocycles. The zero-order valence-corrected chi connectivity index (χ0v) is 16.6. The van der Waals surface area contributed by atoms with Crippen LogP contribution in [0.15, 0.2) is 42.5 Å². The van der Waals surface area contributed by atoms with Crippen LogP contribution >= 0.6 is 23.2 Å². The minimum absolute atomic E-state index is 0.395. The Bertz CT molecular complexity index is 857. The maximum Gasteiger partial charge on any atom is 0.148 e. The van der Waals surface area contributed by atoms with Gasteiger partial charge < -0.3 is 14.2 Å². The SMILES string of the molecule is CCN(CC)CCn1c(COc2ccc(Cl)cc2)nc2ccc(Cl)cc21. The van der Waals surface area contributed by atoms with Gasteiger partial charge >= 0.3 is 0 Å². The van der Waals surface area contributed by atoms with Gasteiger partial charge in [-0.1, -0.05) is 37.0 Å². The predicted octanol–water partition coefficient (Wildman–Crippen LogP) is 5.26. The predicted molar refractivity (Wildman–Crippen MR) is 108 cm³/mol. The molecule has 4 nitrogen and oxygen atoms in total. The summed E-state index contributed by atoms with van der Waals surface area (Å²) in [6.45, 7) is 8.61. The molecule has 1 heterocycles. The molecule has 0 aliphatic rings. The highest BCUT2D eigenvalue weighted by atomic mass is 35.5. The van der Waals surface area contributed by atoms with Crippen LogP contribution in [0.1, 0.15) is 19.7 Å². The number of halogens is 2. The number of benzene rings is 2. The van der Waals surface area contributed by atoms with Gasteiger partial charge in [0.1, 0.15) is 18.2 Å². The maximum atomic E-state index is 6.21. The van der Waals surface area contributed by atoms with E-state index in [1.807, 2.05) is 42.5 Å². The fraction of sp³-hybridized carbons (Fsp3) is 0.350. The molecule has 138 valence electrons. The molecule has 3 rings (SSSR count). The molecule has 0 spiro atoms. The lowest BCUT2D eigenvalue weighted by molar-refractivity contribution is 0.271. The summed E-state index contributed by atoms with van der Waals surface area (Å²) in [4.78, 5) is 7.14. The summed E-state index contributed by atoms with van der Waals surface area (Å²) in [5, 5.41) is 1.41. The Balaban J connectivity index is 1.84. The largest absolute Gasteiger partial charge is 0.486 e. The van der Waals surface area contributed by atoms with E-state index in [-0.39, 0.29) is 0 Å². The van der Waals surface area contributed by atoms with E-state index in [1.54, 1.807) is 0 Å². The molecule has 2 aromatic carbocycles. The van der Waals surface area contributed by atoms with E-state index in [0.29, 0.717) is 16.7 Å². The summed E-state index contributed by atoms with van der Waals surface area (Å²) in [6, 6.07) is 13.2. The first kappa shape index (κ1) is 19.0. The molecule has 0 saturated carbocycles. The minimum atomic E-state index is 0.395. The van der Waals surface area contributed by atoms with Gasteiger partial charge in [-0.15, -0.1) is 0 Å². The van der Waals surface area contributed by atoms with Gasteiger partial charge in [-0.2, -0.15) is 0 Å². The Morgan fingerprint density at radius 3 is 2.38 bits per heavy atom. The van der Waals surface area contributed by atoms with Crippen molar-refractivity contribution in [3.63, 3.8) is 0 Å². The number of nitrogens with zero attached hydrogens (tertiary/aromatic N) is 3. The minimum Gasteiger partial charge on any atom is -0.486 e. The van der Waals surface area contributed by atoms with Gasteiger partial charge in [0.15, 0.2) is 0 Å². The number of imidazole rings is 1. The average Bonchev–Trinajstić information content (AvgIpc) is 2.99. The molecule has 0 atom stereocenters. The van der Waals surface area contributed by atoms with Gasteiger partial charge in [-0.05, 0) is 55.6 Å². The topological polar surface area (TPSA) is 30.3 Å². The average molecular weight is 392 g/mol. The quantitative estimate of drug-likeness (QED) is 0.524. The van der Waals surface area contributed by atoms with Crippen LogP contribution < -0.4 is 4.74 Å². The van der Waals surface area contributed by atoms with Crippen molar-refractivity contribution in [1.29, 1.82) is 0 Å². The lowest BCUT2D eigenvalue weighted by Crippen LogP contribution is -2.27. The molecule has 0 bridgehead atoms. The Morgan fingerprint density at radius 2 is 1.69 bits per heavy atom. The van der Waals surface area contributed by atoms with Gasteiger partial charge in [-0.3, -0.25) is 0 Å². The summed E-state index contributed by atoms with van der Waals surface area (Å²) in [6.07, 6.45) is 0. The molecule has 26 heavy (non-hydrogen) atoms. The van der Waals surface area contributed by atoms with E-state index >= 15 is 0 Å². The van der Waals surface area contributed by atoms with E-state index in [9.17, 15) is 0 Å². The van der Waals surface area contributed by atoms with E-state index in [4.69, 9.17) is 32.9 Å². The van der Waals surface area contributed by atoms with Gasteiger partial charge in [0.2, 0.25) is 0 Å². The van der Waals surface area contributed by atoms with Gasteiger partial charge in [-0.25, -0.2) is 4.98 Å². The number of hydrogen-bond donors (Lipinski definition) is 0. The molecule has 0 radical (unpaired) electrons. The van der Waals surface area contributed by atoms with Crippen LogP contribution in [-0.4, -0.2) is 34.1 Å². The standard InChI is InChI=1S/C20H23Cl2N3O/c1-3-24(4-2)11-12-25-19-13-16(22)7-10-18(19)23-20(25)14-26-17-8-5-15(21)6-9-17/h5-10,13H,3-4,11-12,14H2,1-2H3. The lowest BCUT2D eigenvalue weighted by atomic mass is 10.3. The number of ether oxygens (including phenoxy) is 1. The summed E-state index contributed by atoms with van der Waals surface area (Å²) in [5.41, 5.74) is 1.98. The van der Waals surface area contributed by atoms with Gasteiger partial charge in [0, 0.05) is 23.1 Å². The van der Waals surface area contributed by atoms with Gasteiger partial charge in [0.25, 0.3) is 0 Å². The highest BCUT2D eigenvalue weighted by molar-refractivity contribution is 6.31. The molecule has 1 aromatic heterocycles. The fourth-order valence-electron chi connectivity index (χ4n) is 2.97. The zero-order chi connectivity index (χ0) is 18.5. The smallest absolute Gasteiger partial charge is 0.148 e. The van der Waals surface area contributed by atoms with Crippen LogP contribution in [0.5, 0.6) is 5.75 Å². The summed E-state index contributed by atoms with van der Waals surface area (Å²) >= 11 is 12.1. The second-order valence-electron chi connectivity index (χ2n) is 6.08. The van der Waals surface area contributed by atoms with Crippen LogP contribution in [0.25, 0.3) is 11.0 Å². The number of aromatic nitrogens is 2. The van der Waals surface area contributed by atoms with Crippen molar-refractivity contribution >= 4 is 34.2 Å². The number of fused-ring (bicyclic) bond motifs is 1. The summed E-state index contributed by atoms with van der Waals surface area (Å²) in [5.74, 6) is 1.67. The third kappa shape index (κ3) is 4.50. The second kappa shape index (κ2) is 8.76. The number of likely N-dealkylation sites (N-methyl/N-ethyl adjacent to an activating group) is 1. The van der Waals surface area contributed by atoms with Crippen molar-refractivity contribution in [2.45, 2.75) is 27.0 Å².